The smallest absolute Gasteiger partial charge is 0.134 e. The molecule has 0 spiro atoms. The number of nitrogens with zero attached hydrogens (tertiary/aromatic N) is 1. The molecule has 2 aromatic carbocycles. The van der Waals surface area contributed by atoms with Crippen molar-refractivity contribution in [2.75, 3.05) is 6.61 Å². The van der Waals surface area contributed by atoms with Gasteiger partial charge in [0.2, 0.25) is 0 Å². The Morgan fingerprint density at radius 2 is 1.80 bits per heavy atom. The highest BCUT2D eigenvalue weighted by Crippen LogP contribution is 2.34. The molecule has 0 bridgehead atoms. The molecule has 0 fully saturated rings. The summed E-state index contributed by atoms with van der Waals surface area (Å²) in [6.45, 7) is 4.89. The zero-order valence-corrected chi connectivity index (χ0v) is 12.5. The fourth-order valence-electron chi connectivity index (χ4n) is 2.85. The minimum Gasteiger partial charge on any atom is -0.358 e. The van der Waals surface area contributed by atoms with Crippen molar-refractivity contribution in [2.24, 2.45) is 0 Å². The van der Waals surface area contributed by atoms with E-state index in [1.807, 2.05) is 19.1 Å². The molecule has 0 unspecified atom stereocenters. The summed E-state index contributed by atoms with van der Waals surface area (Å²) in [5.74, 6) is 0. The van der Waals surface area contributed by atoms with Gasteiger partial charge in [0.05, 0.1) is 11.0 Å². The Morgan fingerprint density at radius 3 is 2.55 bits per heavy atom. The molecule has 0 radical (unpaired) electrons. The average Bonchev–Trinajstić information content (AvgIpc) is 2.79. The zero-order chi connectivity index (χ0) is 14.1. The summed E-state index contributed by atoms with van der Waals surface area (Å²) in [5, 5.41) is 3.18. The van der Waals surface area contributed by atoms with Crippen molar-refractivity contribution in [3.8, 4) is 0 Å². The van der Waals surface area contributed by atoms with Crippen molar-refractivity contribution in [3.05, 3.63) is 47.5 Å². The minimum absolute atomic E-state index is 0.0589. The third kappa shape index (κ3) is 2.09. The van der Waals surface area contributed by atoms with E-state index in [2.05, 4.69) is 41.8 Å². The Kier molecular flexibility index (Phi) is 3.68. The van der Waals surface area contributed by atoms with Crippen LogP contribution in [0.1, 0.15) is 26.5 Å². The van der Waals surface area contributed by atoms with E-state index in [9.17, 15) is 0 Å². The molecule has 104 valence electrons. The van der Waals surface area contributed by atoms with Crippen molar-refractivity contribution in [1.29, 1.82) is 0 Å². The van der Waals surface area contributed by atoms with Crippen LogP contribution in [0.3, 0.4) is 0 Å². The maximum Gasteiger partial charge on any atom is 0.134 e. The zero-order valence-electron chi connectivity index (χ0n) is 11.8. The number of para-hydroxylation sites is 1. The van der Waals surface area contributed by atoms with Crippen molar-refractivity contribution in [1.82, 2.24) is 4.57 Å². The van der Waals surface area contributed by atoms with Crippen LogP contribution < -0.4 is 0 Å². The SMILES string of the molecule is CCO[C@@H](CC)n1c2ccccc2c2cc(Cl)ccc21. The van der Waals surface area contributed by atoms with Gasteiger partial charge in [-0.05, 0) is 37.6 Å². The number of hydrogen-bond donors (Lipinski definition) is 0. The molecule has 3 heteroatoms. The van der Waals surface area contributed by atoms with Crippen LogP contribution in [0.2, 0.25) is 5.02 Å². The number of hydrogen-bond acceptors (Lipinski definition) is 1. The van der Waals surface area contributed by atoms with E-state index < -0.39 is 0 Å². The van der Waals surface area contributed by atoms with Gasteiger partial charge in [-0.15, -0.1) is 0 Å². The van der Waals surface area contributed by atoms with Gasteiger partial charge >= 0.3 is 0 Å². The lowest BCUT2D eigenvalue weighted by Gasteiger charge is -2.19. The van der Waals surface area contributed by atoms with Crippen molar-refractivity contribution in [3.63, 3.8) is 0 Å². The van der Waals surface area contributed by atoms with Crippen molar-refractivity contribution >= 4 is 33.4 Å². The van der Waals surface area contributed by atoms with E-state index in [0.29, 0.717) is 6.61 Å². The molecule has 2 nitrogen and oxygen atoms in total. The summed E-state index contributed by atoms with van der Waals surface area (Å²) in [7, 11) is 0. The van der Waals surface area contributed by atoms with Crippen molar-refractivity contribution < 1.29 is 4.74 Å². The fraction of sp³-hybridized carbons (Fsp3) is 0.294. The molecule has 0 saturated heterocycles. The molecule has 0 aliphatic carbocycles. The lowest BCUT2D eigenvalue weighted by atomic mass is 10.2. The van der Waals surface area contributed by atoms with Crippen LogP contribution in [0.5, 0.6) is 0 Å². The summed E-state index contributed by atoms with van der Waals surface area (Å²) in [5.41, 5.74) is 2.38. The van der Waals surface area contributed by atoms with E-state index in [1.54, 1.807) is 0 Å². The van der Waals surface area contributed by atoms with Crippen LogP contribution in [0.4, 0.5) is 0 Å². The fourth-order valence-corrected chi connectivity index (χ4v) is 3.03. The van der Waals surface area contributed by atoms with Crippen LogP contribution in [0.25, 0.3) is 21.8 Å². The molecule has 1 aromatic heterocycles. The Hall–Kier alpha value is -1.51. The number of aromatic nitrogens is 1. The normalized spacial score (nSPS) is 13.2. The number of benzene rings is 2. The van der Waals surface area contributed by atoms with Crippen LogP contribution in [0, 0.1) is 0 Å². The molecule has 0 aliphatic rings. The third-order valence-corrected chi connectivity index (χ3v) is 3.90. The summed E-state index contributed by atoms with van der Waals surface area (Å²) < 4.78 is 8.19. The van der Waals surface area contributed by atoms with E-state index in [0.717, 1.165) is 11.4 Å². The van der Waals surface area contributed by atoms with E-state index in [1.165, 1.54) is 21.8 Å². The Morgan fingerprint density at radius 1 is 1.05 bits per heavy atom. The molecule has 1 atom stereocenters. The van der Waals surface area contributed by atoms with Gasteiger partial charge in [0.1, 0.15) is 6.23 Å². The van der Waals surface area contributed by atoms with Gasteiger partial charge in [0.15, 0.2) is 0 Å². The quantitative estimate of drug-likeness (QED) is 0.627. The van der Waals surface area contributed by atoms with E-state index >= 15 is 0 Å². The Balaban J connectivity index is 2.37. The average molecular weight is 288 g/mol. The lowest BCUT2D eigenvalue weighted by Crippen LogP contribution is -2.11. The second-order valence-electron chi connectivity index (χ2n) is 4.87. The van der Waals surface area contributed by atoms with Gasteiger partial charge in [-0.25, -0.2) is 0 Å². The van der Waals surface area contributed by atoms with Crippen LogP contribution >= 0.6 is 11.6 Å². The first-order valence-corrected chi connectivity index (χ1v) is 7.43. The summed E-state index contributed by atoms with van der Waals surface area (Å²) >= 11 is 6.16. The van der Waals surface area contributed by atoms with Gasteiger partial charge in [0.25, 0.3) is 0 Å². The second kappa shape index (κ2) is 5.47. The van der Waals surface area contributed by atoms with E-state index in [4.69, 9.17) is 16.3 Å². The standard InChI is InChI=1S/C17H18ClNO/c1-3-17(20-4-2)19-15-8-6-5-7-13(15)14-11-12(18)9-10-16(14)19/h5-11,17H,3-4H2,1-2H3/t17-/m0/s1. The number of ether oxygens (including phenoxy) is 1. The van der Waals surface area contributed by atoms with Gasteiger partial charge in [-0.1, -0.05) is 36.7 Å². The van der Waals surface area contributed by atoms with Gasteiger partial charge in [-0.3, -0.25) is 0 Å². The highest BCUT2D eigenvalue weighted by Gasteiger charge is 2.16. The maximum absolute atomic E-state index is 6.16. The lowest BCUT2D eigenvalue weighted by molar-refractivity contribution is 0.0137. The van der Waals surface area contributed by atoms with Crippen LogP contribution in [-0.2, 0) is 4.74 Å². The van der Waals surface area contributed by atoms with E-state index in [-0.39, 0.29) is 6.23 Å². The first kappa shape index (κ1) is 13.5. The molecular formula is C17H18ClNO. The largest absolute Gasteiger partial charge is 0.358 e. The Bertz CT molecular complexity index is 747. The topological polar surface area (TPSA) is 14.2 Å². The van der Waals surface area contributed by atoms with Crippen LogP contribution in [0.15, 0.2) is 42.5 Å². The van der Waals surface area contributed by atoms with Crippen molar-refractivity contribution in [2.45, 2.75) is 26.5 Å². The summed E-state index contributed by atoms with van der Waals surface area (Å²) in [6, 6.07) is 14.5. The first-order valence-electron chi connectivity index (χ1n) is 7.06. The number of fused-ring (bicyclic) bond motifs is 3. The number of halogens is 1. The molecule has 0 aliphatic heterocycles. The highest BCUT2D eigenvalue weighted by atomic mass is 35.5. The summed E-state index contributed by atoms with van der Waals surface area (Å²) in [6.07, 6.45) is 0.994. The summed E-state index contributed by atoms with van der Waals surface area (Å²) in [4.78, 5) is 0. The van der Waals surface area contributed by atoms with Gasteiger partial charge in [0, 0.05) is 22.4 Å². The molecular weight excluding hydrogens is 270 g/mol. The van der Waals surface area contributed by atoms with Gasteiger partial charge < -0.3 is 9.30 Å². The molecule has 0 N–H and O–H groups in total. The minimum atomic E-state index is 0.0589. The molecule has 3 aromatic rings. The van der Waals surface area contributed by atoms with Gasteiger partial charge in [-0.2, -0.15) is 0 Å². The first-order chi connectivity index (χ1) is 9.76. The predicted molar refractivity (Wildman–Crippen MR) is 85.4 cm³/mol. The Labute approximate surface area is 123 Å². The predicted octanol–water partition coefficient (Wildman–Crippen LogP) is 5.39. The molecule has 3 rings (SSSR count). The molecule has 0 saturated carbocycles. The molecule has 0 amide bonds. The monoisotopic (exact) mass is 287 g/mol. The second-order valence-corrected chi connectivity index (χ2v) is 5.30. The maximum atomic E-state index is 6.16. The third-order valence-electron chi connectivity index (χ3n) is 3.67. The van der Waals surface area contributed by atoms with Crippen LogP contribution in [-0.4, -0.2) is 11.2 Å². The highest BCUT2D eigenvalue weighted by molar-refractivity contribution is 6.31. The molecule has 20 heavy (non-hydrogen) atoms. The molecule has 1 heterocycles. The number of rotatable bonds is 4.